The van der Waals surface area contributed by atoms with Gasteiger partial charge in [-0.15, -0.1) is 35.7 Å². The van der Waals surface area contributed by atoms with Gasteiger partial charge >= 0.3 is 21.1 Å². The number of hydrogen-bond acceptors (Lipinski definition) is 4. The second kappa shape index (κ2) is 12.1. The summed E-state index contributed by atoms with van der Waals surface area (Å²) in [6.07, 6.45) is 1.92. The molecule has 5 nitrogen and oxygen atoms in total. The third-order valence-corrected chi connectivity index (χ3v) is 8.72. The van der Waals surface area contributed by atoms with Gasteiger partial charge in [0.05, 0.1) is 18.0 Å². The normalized spacial score (nSPS) is 12.5. The number of pyridine rings is 1. The largest absolute Gasteiger partial charge is 2.00 e. The molecule has 0 atom stereocenters. The minimum atomic E-state index is 0. The van der Waals surface area contributed by atoms with Gasteiger partial charge in [-0.25, -0.2) is 4.98 Å². The van der Waals surface area contributed by atoms with E-state index in [9.17, 15) is 0 Å². The van der Waals surface area contributed by atoms with E-state index in [2.05, 4.69) is 174 Å². The van der Waals surface area contributed by atoms with Crippen LogP contribution in [0.15, 0.2) is 128 Å². The van der Waals surface area contributed by atoms with E-state index in [1.165, 1.54) is 22.3 Å². The molecule has 6 heteroatoms. The first-order valence-electron chi connectivity index (χ1n) is 15.4. The van der Waals surface area contributed by atoms with Gasteiger partial charge < -0.3 is 19.3 Å². The third kappa shape index (κ3) is 5.05. The second-order valence-corrected chi connectivity index (χ2v) is 11.9. The van der Waals surface area contributed by atoms with Crippen LogP contribution in [0.2, 0.25) is 0 Å². The maximum atomic E-state index is 4.85. The Labute approximate surface area is 284 Å². The fourth-order valence-electron chi connectivity index (χ4n) is 6.47. The van der Waals surface area contributed by atoms with E-state index >= 15 is 0 Å². The molecular weight excluding hydrogens is 746 g/mol. The second-order valence-electron chi connectivity index (χ2n) is 11.9. The molecule has 0 unspecified atom stereocenters. The summed E-state index contributed by atoms with van der Waals surface area (Å²) < 4.78 is 2.25. The first kappa shape index (κ1) is 29.8. The first-order valence-corrected chi connectivity index (χ1v) is 15.4. The van der Waals surface area contributed by atoms with Crippen molar-refractivity contribution in [2.24, 2.45) is 0 Å². The smallest absolute Gasteiger partial charge is 0.358 e. The molecule has 46 heavy (non-hydrogen) atoms. The predicted molar refractivity (Wildman–Crippen MR) is 187 cm³/mol. The predicted octanol–water partition coefficient (Wildman–Crippen LogP) is 9.92. The van der Waals surface area contributed by atoms with Crippen LogP contribution >= 0.6 is 0 Å². The van der Waals surface area contributed by atoms with Gasteiger partial charge in [-0.2, -0.15) is 12.1 Å². The van der Waals surface area contributed by atoms with Crippen molar-refractivity contribution >= 4 is 55.9 Å². The Balaban J connectivity index is 0.00000338. The Bertz CT molecular complexity index is 2170. The summed E-state index contributed by atoms with van der Waals surface area (Å²) >= 11 is 0. The van der Waals surface area contributed by atoms with Gasteiger partial charge in [-0.1, -0.05) is 85.0 Å². The molecule has 0 radical (unpaired) electrons. The zero-order chi connectivity index (χ0) is 30.5. The zero-order valence-electron chi connectivity index (χ0n) is 26.0. The van der Waals surface area contributed by atoms with Crippen LogP contribution in [0.3, 0.4) is 0 Å². The van der Waals surface area contributed by atoms with Crippen LogP contribution in [-0.4, -0.2) is 23.3 Å². The van der Waals surface area contributed by atoms with Crippen molar-refractivity contribution in [3.8, 4) is 5.82 Å². The number of rotatable bonds is 6. The maximum absolute atomic E-state index is 4.85. The molecule has 7 aromatic rings. The summed E-state index contributed by atoms with van der Waals surface area (Å²) in [5.74, 6) is 1.30. The van der Waals surface area contributed by atoms with Crippen molar-refractivity contribution in [1.82, 2.24) is 9.55 Å². The molecule has 1 aliphatic rings. The monoisotopic (exact) mass is 778 g/mol. The molecule has 0 N–H and O–H groups in total. The standard InChI is InChI=1S/C40H33N5.Pt/c1-28(2)29-22-23-41-40(24-29)45-36-17-8-7-16-34(36)35-21-20-33(26-39(35)45)44(30-12-5-4-6-13-30)32-15-11-14-31(25-32)43-27-42(3)37-18-9-10-19-38(37)43;/h4-24,28H,27H2,1-3H3;/q-2;+2. The molecule has 0 aliphatic carbocycles. The average Bonchev–Trinajstić information content (AvgIpc) is 3.60. The van der Waals surface area contributed by atoms with E-state index in [1.807, 2.05) is 6.20 Å². The number of fused-ring (bicyclic) bond motifs is 4. The van der Waals surface area contributed by atoms with Crippen LogP contribution in [0.5, 0.6) is 0 Å². The number of benzene rings is 5. The van der Waals surface area contributed by atoms with Gasteiger partial charge in [0.15, 0.2) is 0 Å². The van der Waals surface area contributed by atoms with Gasteiger partial charge in [0.25, 0.3) is 0 Å². The SMILES string of the molecule is CC(C)c1ccnc(-n2c3[c-]c(N(c4[c-]c(N5CN(C)c6ccccc65)ccc4)c4ccccc4)ccc3c3ccccc32)c1.[Pt+2]. The van der Waals surface area contributed by atoms with Crippen molar-refractivity contribution in [3.05, 3.63) is 145 Å². The third-order valence-electron chi connectivity index (χ3n) is 8.72. The minimum absolute atomic E-state index is 0. The van der Waals surface area contributed by atoms with E-state index < -0.39 is 0 Å². The number of hydrogen-bond donors (Lipinski definition) is 0. The van der Waals surface area contributed by atoms with Crippen LogP contribution in [0.1, 0.15) is 25.3 Å². The van der Waals surface area contributed by atoms with Crippen molar-refractivity contribution in [3.63, 3.8) is 0 Å². The van der Waals surface area contributed by atoms with E-state index in [-0.39, 0.29) is 21.1 Å². The average molecular weight is 779 g/mol. The topological polar surface area (TPSA) is 27.5 Å². The molecular formula is C40H33N5Pt. The molecule has 0 fully saturated rings. The van der Waals surface area contributed by atoms with Crippen molar-refractivity contribution in [2.45, 2.75) is 19.8 Å². The summed E-state index contributed by atoms with van der Waals surface area (Å²) in [4.78, 5) is 11.7. The molecule has 5 aromatic carbocycles. The van der Waals surface area contributed by atoms with E-state index in [0.29, 0.717) is 5.92 Å². The van der Waals surface area contributed by atoms with Crippen LogP contribution < -0.4 is 14.7 Å². The van der Waals surface area contributed by atoms with Gasteiger partial charge in [0, 0.05) is 24.4 Å². The van der Waals surface area contributed by atoms with Crippen molar-refractivity contribution in [1.29, 1.82) is 0 Å². The zero-order valence-corrected chi connectivity index (χ0v) is 28.2. The molecule has 0 saturated heterocycles. The molecule has 0 bridgehead atoms. The summed E-state index contributed by atoms with van der Waals surface area (Å²) in [6.45, 7) is 5.21. The quantitative estimate of drug-likeness (QED) is 0.157. The fraction of sp³-hybridized carbons (Fsp3) is 0.125. The Kier molecular flexibility index (Phi) is 7.88. The summed E-state index contributed by atoms with van der Waals surface area (Å²) in [5.41, 5.74) is 9.73. The van der Waals surface area contributed by atoms with Gasteiger partial charge in [0.1, 0.15) is 5.82 Å². The Hall–Kier alpha value is -4.86. The van der Waals surface area contributed by atoms with Crippen molar-refractivity contribution < 1.29 is 21.1 Å². The van der Waals surface area contributed by atoms with Crippen LogP contribution in [0, 0.1) is 12.1 Å². The van der Waals surface area contributed by atoms with E-state index in [0.717, 1.165) is 51.7 Å². The molecule has 0 spiro atoms. The molecule has 0 saturated carbocycles. The molecule has 0 amide bonds. The summed E-state index contributed by atoms with van der Waals surface area (Å²) in [7, 11) is 2.13. The van der Waals surface area contributed by atoms with Crippen LogP contribution in [-0.2, 0) is 21.1 Å². The van der Waals surface area contributed by atoms with Gasteiger partial charge in [-0.05, 0) is 59.3 Å². The molecule has 3 heterocycles. The van der Waals surface area contributed by atoms with E-state index in [4.69, 9.17) is 4.98 Å². The molecule has 228 valence electrons. The van der Waals surface area contributed by atoms with Gasteiger partial charge in [-0.3, -0.25) is 0 Å². The first-order chi connectivity index (χ1) is 22.1. The summed E-state index contributed by atoms with van der Waals surface area (Å²) in [5, 5.41) is 2.33. The number of anilines is 6. The number of para-hydroxylation sites is 4. The number of aromatic nitrogens is 2. The Morgan fingerprint density at radius 3 is 2.28 bits per heavy atom. The maximum Gasteiger partial charge on any atom is 2.00 e. The summed E-state index contributed by atoms with van der Waals surface area (Å²) in [6, 6.07) is 50.3. The molecule has 1 aliphatic heterocycles. The Morgan fingerprint density at radius 1 is 0.717 bits per heavy atom. The fourth-order valence-corrected chi connectivity index (χ4v) is 6.47. The van der Waals surface area contributed by atoms with Crippen LogP contribution in [0.4, 0.5) is 34.1 Å². The van der Waals surface area contributed by atoms with Crippen molar-refractivity contribution in [2.75, 3.05) is 28.4 Å². The van der Waals surface area contributed by atoms with Gasteiger partial charge in [0.2, 0.25) is 0 Å². The molecule has 8 rings (SSSR count). The van der Waals surface area contributed by atoms with E-state index in [1.54, 1.807) is 0 Å². The Morgan fingerprint density at radius 2 is 1.46 bits per heavy atom. The molecule has 2 aromatic heterocycles. The number of nitrogens with zero attached hydrogens (tertiary/aromatic N) is 5. The van der Waals surface area contributed by atoms with Crippen LogP contribution in [0.25, 0.3) is 27.6 Å². The minimum Gasteiger partial charge on any atom is -0.358 e.